The van der Waals surface area contributed by atoms with Gasteiger partial charge in [-0.25, -0.2) is 4.98 Å². The molecule has 1 amide bonds. The summed E-state index contributed by atoms with van der Waals surface area (Å²) >= 11 is 10.7. The third kappa shape index (κ3) is 4.79. The van der Waals surface area contributed by atoms with Crippen LogP contribution in [-0.4, -0.2) is 22.0 Å². The van der Waals surface area contributed by atoms with Crippen LogP contribution in [0.15, 0.2) is 76.3 Å². The Morgan fingerprint density at radius 1 is 1.13 bits per heavy atom. The Bertz CT molecular complexity index is 1310. The van der Waals surface area contributed by atoms with E-state index in [4.69, 9.17) is 11.6 Å². The van der Waals surface area contributed by atoms with Gasteiger partial charge in [-0.05, 0) is 60.2 Å². The molecule has 154 valence electrons. The number of hydrogen-bond donors (Lipinski definition) is 0. The molecule has 7 nitrogen and oxygen atoms in total. The molecule has 31 heavy (non-hydrogen) atoms. The number of aromatic nitrogens is 1. The third-order valence-corrected chi connectivity index (χ3v) is 5.97. The maximum atomic E-state index is 13.2. The molecule has 0 unspecified atom stereocenters. The molecule has 0 saturated carbocycles. The number of thiazole rings is 1. The first kappa shape index (κ1) is 21.1. The summed E-state index contributed by atoms with van der Waals surface area (Å²) in [6.45, 7) is 0. The number of nitro benzene ring substituents is 1. The fourth-order valence-electron chi connectivity index (χ4n) is 2.69. The predicted molar refractivity (Wildman–Crippen MR) is 126 cm³/mol. The van der Waals surface area contributed by atoms with Crippen LogP contribution in [0.4, 0.5) is 10.8 Å². The number of hydrazone groups is 1. The second kappa shape index (κ2) is 8.93. The standard InChI is InChI=1S/C21H12BrClN4O3S/c22-15-5-10-18-19(11-15)31-21(25-18)26(20(28)14-3-6-16(23)7-4-14)24-12-13-1-8-17(9-2-13)27(29)30/h1-12H/b24-12+. The highest BCUT2D eigenvalue weighted by Crippen LogP contribution is 2.32. The van der Waals surface area contributed by atoms with Gasteiger partial charge >= 0.3 is 0 Å². The molecular weight excluding hydrogens is 504 g/mol. The number of benzene rings is 3. The van der Waals surface area contributed by atoms with Crippen LogP contribution in [-0.2, 0) is 0 Å². The number of rotatable bonds is 5. The van der Waals surface area contributed by atoms with E-state index in [0.717, 1.165) is 14.7 Å². The Balaban J connectivity index is 1.73. The summed E-state index contributed by atoms with van der Waals surface area (Å²) in [4.78, 5) is 28.1. The fourth-order valence-corrected chi connectivity index (χ4v) is 4.29. The first-order chi connectivity index (χ1) is 14.9. The molecular formula is C21H12BrClN4O3S. The van der Waals surface area contributed by atoms with Gasteiger partial charge in [-0.15, -0.1) is 0 Å². The zero-order valence-corrected chi connectivity index (χ0v) is 18.8. The first-order valence-corrected chi connectivity index (χ1v) is 10.8. The van der Waals surface area contributed by atoms with E-state index < -0.39 is 4.92 Å². The normalized spacial score (nSPS) is 11.2. The zero-order chi connectivity index (χ0) is 22.0. The van der Waals surface area contributed by atoms with Crippen LogP contribution in [0, 0.1) is 10.1 Å². The van der Waals surface area contributed by atoms with Gasteiger partial charge in [0, 0.05) is 27.2 Å². The van der Waals surface area contributed by atoms with Crippen molar-refractivity contribution in [3.63, 3.8) is 0 Å². The van der Waals surface area contributed by atoms with E-state index >= 15 is 0 Å². The van der Waals surface area contributed by atoms with Crippen LogP contribution >= 0.6 is 38.9 Å². The summed E-state index contributed by atoms with van der Waals surface area (Å²) in [5.74, 6) is -0.382. The molecule has 10 heteroatoms. The van der Waals surface area contributed by atoms with Gasteiger partial charge < -0.3 is 0 Å². The van der Waals surface area contributed by atoms with E-state index in [9.17, 15) is 14.9 Å². The number of hydrogen-bond acceptors (Lipinski definition) is 6. The molecule has 0 aliphatic rings. The Labute approximate surface area is 193 Å². The van der Waals surface area contributed by atoms with Crippen molar-refractivity contribution in [2.24, 2.45) is 5.10 Å². The molecule has 0 N–H and O–H groups in total. The Kier molecular flexibility index (Phi) is 6.08. The van der Waals surface area contributed by atoms with E-state index in [1.54, 1.807) is 36.4 Å². The number of nitro groups is 1. The smallest absolute Gasteiger partial charge is 0.267 e. The molecule has 4 rings (SSSR count). The molecule has 0 fully saturated rings. The van der Waals surface area contributed by atoms with Crippen LogP contribution in [0.1, 0.15) is 15.9 Å². The summed E-state index contributed by atoms with van der Waals surface area (Å²) in [5, 5.41) is 17.3. The van der Waals surface area contributed by atoms with Crippen molar-refractivity contribution in [3.05, 3.63) is 97.5 Å². The highest BCUT2D eigenvalue weighted by Gasteiger charge is 2.21. The van der Waals surface area contributed by atoms with Gasteiger partial charge in [-0.2, -0.15) is 10.1 Å². The number of non-ortho nitro benzene ring substituents is 1. The average molecular weight is 516 g/mol. The van der Waals surface area contributed by atoms with Crippen molar-refractivity contribution in [1.82, 2.24) is 4.98 Å². The Morgan fingerprint density at radius 3 is 2.52 bits per heavy atom. The molecule has 1 aromatic heterocycles. The van der Waals surface area contributed by atoms with E-state index in [1.165, 1.54) is 34.7 Å². The van der Waals surface area contributed by atoms with Crippen molar-refractivity contribution in [3.8, 4) is 0 Å². The van der Waals surface area contributed by atoms with Crippen LogP contribution < -0.4 is 5.01 Å². The zero-order valence-electron chi connectivity index (χ0n) is 15.6. The quantitative estimate of drug-likeness (QED) is 0.177. The molecule has 3 aromatic carbocycles. The van der Waals surface area contributed by atoms with Crippen LogP contribution in [0.25, 0.3) is 10.2 Å². The van der Waals surface area contributed by atoms with Crippen molar-refractivity contribution in [1.29, 1.82) is 0 Å². The number of nitrogens with zero attached hydrogens (tertiary/aromatic N) is 4. The lowest BCUT2D eigenvalue weighted by molar-refractivity contribution is -0.384. The summed E-state index contributed by atoms with van der Waals surface area (Å²) in [5.41, 5.74) is 1.71. The molecule has 0 spiro atoms. The summed E-state index contributed by atoms with van der Waals surface area (Å²) in [6, 6.07) is 18.0. The highest BCUT2D eigenvalue weighted by atomic mass is 79.9. The molecule has 0 aliphatic carbocycles. The maximum Gasteiger partial charge on any atom is 0.280 e. The number of carbonyl (C=O) groups excluding carboxylic acids is 1. The number of carbonyl (C=O) groups is 1. The van der Waals surface area contributed by atoms with E-state index in [1.807, 2.05) is 18.2 Å². The molecule has 1 heterocycles. The van der Waals surface area contributed by atoms with Gasteiger partial charge in [0.1, 0.15) is 0 Å². The molecule has 0 atom stereocenters. The Hall–Kier alpha value is -3.14. The lowest BCUT2D eigenvalue weighted by atomic mass is 10.2. The van der Waals surface area contributed by atoms with Crippen molar-refractivity contribution >= 4 is 72.0 Å². The second-order valence-electron chi connectivity index (χ2n) is 6.33. The number of halogens is 2. The van der Waals surface area contributed by atoms with Crippen molar-refractivity contribution < 1.29 is 9.72 Å². The summed E-state index contributed by atoms with van der Waals surface area (Å²) < 4.78 is 1.80. The van der Waals surface area contributed by atoms with Gasteiger partial charge in [0.15, 0.2) is 0 Å². The monoisotopic (exact) mass is 514 g/mol. The van der Waals surface area contributed by atoms with Crippen molar-refractivity contribution in [2.45, 2.75) is 0 Å². The second-order valence-corrected chi connectivity index (χ2v) is 8.69. The molecule has 4 aromatic rings. The molecule has 0 saturated heterocycles. The fraction of sp³-hybridized carbons (Fsp3) is 0. The lowest BCUT2D eigenvalue weighted by Crippen LogP contribution is -2.25. The van der Waals surface area contributed by atoms with Crippen LogP contribution in [0.2, 0.25) is 5.02 Å². The number of amides is 1. The van der Waals surface area contributed by atoms with E-state index in [0.29, 0.717) is 21.3 Å². The number of anilines is 1. The minimum Gasteiger partial charge on any atom is -0.267 e. The minimum absolute atomic E-state index is 0.0250. The molecule has 0 bridgehead atoms. The van der Waals surface area contributed by atoms with Gasteiger partial charge in [-0.1, -0.05) is 38.9 Å². The van der Waals surface area contributed by atoms with Gasteiger partial charge in [0.25, 0.3) is 11.6 Å². The Morgan fingerprint density at radius 2 is 1.84 bits per heavy atom. The average Bonchev–Trinajstić information content (AvgIpc) is 3.17. The lowest BCUT2D eigenvalue weighted by Gasteiger charge is -2.13. The number of fused-ring (bicyclic) bond motifs is 1. The van der Waals surface area contributed by atoms with E-state index in [2.05, 4.69) is 26.0 Å². The summed E-state index contributed by atoms with van der Waals surface area (Å²) in [7, 11) is 0. The van der Waals surface area contributed by atoms with Crippen molar-refractivity contribution in [2.75, 3.05) is 5.01 Å². The molecule has 0 radical (unpaired) electrons. The van der Waals surface area contributed by atoms with Gasteiger partial charge in [0.2, 0.25) is 5.13 Å². The summed E-state index contributed by atoms with van der Waals surface area (Å²) in [6.07, 6.45) is 1.46. The van der Waals surface area contributed by atoms with E-state index in [-0.39, 0.29) is 11.6 Å². The largest absolute Gasteiger partial charge is 0.280 e. The topological polar surface area (TPSA) is 88.7 Å². The predicted octanol–water partition coefficient (Wildman–Crippen LogP) is 6.30. The molecule has 0 aliphatic heterocycles. The first-order valence-electron chi connectivity index (χ1n) is 8.85. The van der Waals surface area contributed by atoms with Crippen LogP contribution in [0.5, 0.6) is 0 Å². The third-order valence-electron chi connectivity index (χ3n) is 4.23. The highest BCUT2D eigenvalue weighted by molar-refractivity contribution is 9.10. The van der Waals surface area contributed by atoms with Crippen LogP contribution in [0.3, 0.4) is 0 Å². The SMILES string of the molecule is O=C(c1ccc(Cl)cc1)N(/N=C/c1ccc([N+](=O)[O-])cc1)c1nc2ccc(Br)cc2s1. The maximum absolute atomic E-state index is 13.2. The van der Waals surface area contributed by atoms with Gasteiger partial charge in [0.05, 0.1) is 21.4 Å². The minimum atomic E-state index is -0.476. The van der Waals surface area contributed by atoms with Gasteiger partial charge in [-0.3, -0.25) is 14.9 Å².